The van der Waals surface area contributed by atoms with Gasteiger partial charge < -0.3 is 16.2 Å². The third-order valence-electron chi connectivity index (χ3n) is 2.67. The largest absolute Gasteiger partial charge is 0.508 e. The topological polar surface area (TPSA) is 118 Å². The Kier molecular flexibility index (Phi) is 2.47. The number of rotatable bonds is 3. The number of amides is 1. The number of carbonyl (C=O) groups excluding carboxylic acids is 1. The Hall–Kier alpha value is -2.15. The van der Waals surface area contributed by atoms with Gasteiger partial charge in [0.2, 0.25) is 5.91 Å². The van der Waals surface area contributed by atoms with Crippen LogP contribution in [0, 0.1) is 10.1 Å². The van der Waals surface area contributed by atoms with Crippen molar-refractivity contribution in [2.24, 2.45) is 5.73 Å². The van der Waals surface area contributed by atoms with Crippen molar-refractivity contribution in [1.82, 2.24) is 0 Å². The summed E-state index contributed by atoms with van der Waals surface area (Å²) in [5.41, 5.74) is 4.44. The zero-order valence-electron chi connectivity index (χ0n) is 8.84. The molecule has 0 saturated heterocycles. The first-order chi connectivity index (χ1) is 7.92. The molecule has 1 aliphatic rings. The fraction of sp³-hybridized carbons (Fsp3) is 0.300. The highest BCUT2D eigenvalue weighted by molar-refractivity contribution is 6.01. The Morgan fingerprint density at radius 1 is 1.53 bits per heavy atom. The van der Waals surface area contributed by atoms with E-state index >= 15 is 0 Å². The number of hydrogen-bond acceptors (Lipinski definition) is 5. The molecule has 17 heavy (non-hydrogen) atoms. The predicted molar refractivity (Wildman–Crippen MR) is 59.5 cm³/mol. The monoisotopic (exact) mass is 237 g/mol. The summed E-state index contributed by atoms with van der Waals surface area (Å²) in [6.07, 6.45) is 1.15. The number of nitrogens with one attached hydrogen (secondary N) is 1. The average Bonchev–Trinajstić information content (AvgIpc) is 3.00. The van der Waals surface area contributed by atoms with Crippen molar-refractivity contribution in [3.63, 3.8) is 0 Å². The van der Waals surface area contributed by atoms with Crippen molar-refractivity contribution >= 4 is 17.3 Å². The highest BCUT2D eigenvalue weighted by atomic mass is 16.6. The van der Waals surface area contributed by atoms with Gasteiger partial charge in [-0.2, -0.15) is 0 Å². The van der Waals surface area contributed by atoms with Crippen LogP contribution in [0.2, 0.25) is 0 Å². The molecule has 4 N–H and O–H groups in total. The number of phenols is 1. The number of nitro benzene ring substituents is 1. The summed E-state index contributed by atoms with van der Waals surface area (Å²) in [7, 11) is 0. The fourth-order valence-electron chi connectivity index (χ4n) is 1.39. The molecule has 0 spiro atoms. The Morgan fingerprint density at radius 2 is 2.18 bits per heavy atom. The molecule has 1 amide bonds. The van der Waals surface area contributed by atoms with Crippen molar-refractivity contribution in [3.05, 3.63) is 28.3 Å². The van der Waals surface area contributed by atoms with Gasteiger partial charge in [-0.1, -0.05) is 0 Å². The van der Waals surface area contributed by atoms with E-state index < -0.39 is 16.4 Å². The molecule has 7 nitrogen and oxygen atoms in total. The molecule has 0 heterocycles. The van der Waals surface area contributed by atoms with Gasteiger partial charge >= 0.3 is 0 Å². The first-order valence-corrected chi connectivity index (χ1v) is 5.00. The minimum Gasteiger partial charge on any atom is -0.508 e. The van der Waals surface area contributed by atoms with E-state index in [2.05, 4.69) is 5.32 Å². The van der Waals surface area contributed by atoms with Gasteiger partial charge in [-0.25, -0.2) is 0 Å². The summed E-state index contributed by atoms with van der Waals surface area (Å²) >= 11 is 0. The van der Waals surface area contributed by atoms with Gasteiger partial charge in [0.25, 0.3) is 5.69 Å². The minimum atomic E-state index is -0.897. The summed E-state index contributed by atoms with van der Waals surface area (Å²) in [4.78, 5) is 21.7. The van der Waals surface area contributed by atoms with Crippen LogP contribution < -0.4 is 11.1 Å². The molecule has 0 bridgehead atoms. The molecule has 2 rings (SSSR count). The molecule has 1 aliphatic carbocycles. The van der Waals surface area contributed by atoms with Gasteiger partial charge in [0.05, 0.1) is 16.5 Å². The van der Waals surface area contributed by atoms with Crippen LogP contribution >= 0.6 is 0 Å². The normalized spacial score (nSPS) is 16.3. The third-order valence-corrected chi connectivity index (χ3v) is 2.67. The number of hydrogen-bond donors (Lipinski definition) is 3. The van der Waals surface area contributed by atoms with Crippen LogP contribution in [0.25, 0.3) is 0 Å². The van der Waals surface area contributed by atoms with Crippen molar-refractivity contribution < 1.29 is 14.8 Å². The lowest BCUT2D eigenvalue weighted by Crippen LogP contribution is -2.37. The van der Waals surface area contributed by atoms with Crippen LogP contribution in [0.3, 0.4) is 0 Å². The molecular formula is C10H11N3O4. The Bertz CT molecular complexity index is 496. The summed E-state index contributed by atoms with van der Waals surface area (Å²) in [6.45, 7) is 0. The molecular weight excluding hydrogens is 226 g/mol. The molecule has 0 unspecified atom stereocenters. The van der Waals surface area contributed by atoms with E-state index in [4.69, 9.17) is 10.8 Å². The van der Waals surface area contributed by atoms with Gasteiger partial charge in [-0.05, 0) is 25.0 Å². The SMILES string of the molecule is NC1(C(=O)Nc2ccc(O)cc2[N+](=O)[O-])CC1. The lowest BCUT2D eigenvalue weighted by molar-refractivity contribution is -0.384. The molecule has 0 radical (unpaired) electrons. The summed E-state index contributed by atoms with van der Waals surface area (Å²) < 4.78 is 0. The van der Waals surface area contributed by atoms with Crippen molar-refractivity contribution in [2.75, 3.05) is 5.32 Å². The highest BCUT2D eigenvalue weighted by Gasteiger charge is 2.46. The van der Waals surface area contributed by atoms with E-state index in [-0.39, 0.29) is 17.1 Å². The van der Waals surface area contributed by atoms with E-state index in [1.54, 1.807) is 0 Å². The molecule has 1 fully saturated rings. The lowest BCUT2D eigenvalue weighted by atomic mass is 10.2. The number of aromatic hydroxyl groups is 1. The lowest BCUT2D eigenvalue weighted by Gasteiger charge is -2.10. The molecule has 0 atom stereocenters. The van der Waals surface area contributed by atoms with Crippen LogP contribution in [0.5, 0.6) is 5.75 Å². The van der Waals surface area contributed by atoms with Crippen LogP contribution in [0.4, 0.5) is 11.4 Å². The maximum Gasteiger partial charge on any atom is 0.296 e. The van der Waals surface area contributed by atoms with E-state index in [1.165, 1.54) is 12.1 Å². The maximum absolute atomic E-state index is 11.6. The van der Waals surface area contributed by atoms with Crippen LogP contribution in [0.15, 0.2) is 18.2 Å². The maximum atomic E-state index is 11.6. The molecule has 7 heteroatoms. The standard InChI is InChI=1S/C10H11N3O4/c11-10(3-4-10)9(15)12-7-2-1-6(14)5-8(7)13(16)17/h1-2,5,14H,3-4,11H2,(H,12,15). The van der Waals surface area contributed by atoms with Crippen molar-refractivity contribution in [3.8, 4) is 5.75 Å². The summed E-state index contributed by atoms with van der Waals surface area (Å²) in [5.74, 6) is -0.671. The number of anilines is 1. The van der Waals surface area contributed by atoms with E-state index in [0.717, 1.165) is 6.07 Å². The number of carbonyl (C=O) groups is 1. The fourth-order valence-corrected chi connectivity index (χ4v) is 1.39. The zero-order valence-corrected chi connectivity index (χ0v) is 8.84. The van der Waals surface area contributed by atoms with Crippen LogP contribution in [0.1, 0.15) is 12.8 Å². The second-order valence-corrected chi connectivity index (χ2v) is 4.07. The minimum absolute atomic E-state index is 0.0366. The number of nitrogens with two attached hydrogens (primary N) is 1. The first-order valence-electron chi connectivity index (χ1n) is 5.00. The van der Waals surface area contributed by atoms with Gasteiger partial charge in [0.1, 0.15) is 11.4 Å². The number of benzene rings is 1. The molecule has 0 aromatic heterocycles. The van der Waals surface area contributed by atoms with E-state index in [9.17, 15) is 14.9 Å². The van der Waals surface area contributed by atoms with E-state index in [1.807, 2.05) is 0 Å². The average molecular weight is 237 g/mol. The number of nitro groups is 1. The van der Waals surface area contributed by atoms with Gasteiger partial charge in [0.15, 0.2) is 0 Å². The van der Waals surface area contributed by atoms with Gasteiger partial charge in [-0.3, -0.25) is 14.9 Å². The second-order valence-electron chi connectivity index (χ2n) is 4.07. The van der Waals surface area contributed by atoms with Crippen molar-refractivity contribution in [2.45, 2.75) is 18.4 Å². The second kappa shape index (κ2) is 3.70. The highest BCUT2D eigenvalue weighted by Crippen LogP contribution is 2.35. The van der Waals surface area contributed by atoms with Crippen LogP contribution in [-0.4, -0.2) is 21.5 Å². The molecule has 1 aromatic carbocycles. The molecule has 1 aromatic rings. The van der Waals surface area contributed by atoms with Crippen LogP contribution in [-0.2, 0) is 4.79 Å². The Balaban J connectivity index is 2.26. The Labute approximate surface area is 96.4 Å². The van der Waals surface area contributed by atoms with E-state index in [0.29, 0.717) is 12.8 Å². The smallest absolute Gasteiger partial charge is 0.296 e. The summed E-state index contributed by atoms with van der Waals surface area (Å²) in [6, 6.07) is 3.52. The third kappa shape index (κ3) is 2.18. The number of phenolic OH excluding ortho intramolecular Hbond substituents is 1. The Morgan fingerprint density at radius 3 is 2.71 bits per heavy atom. The quantitative estimate of drug-likeness (QED) is 0.407. The van der Waals surface area contributed by atoms with Crippen molar-refractivity contribution in [1.29, 1.82) is 0 Å². The summed E-state index contributed by atoms with van der Waals surface area (Å²) in [5, 5.41) is 22.3. The zero-order chi connectivity index (χ0) is 12.6. The molecule has 1 saturated carbocycles. The first kappa shape index (κ1) is 11.3. The molecule has 0 aliphatic heterocycles. The van der Waals surface area contributed by atoms with Gasteiger partial charge in [0, 0.05) is 0 Å². The predicted octanol–water partition coefficient (Wildman–Crippen LogP) is 0.730. The van der Waals surface area contributed by atoms with Gasteiger partial charge in [-0.15, -0.1) is 0 Å². The number of nitrogens with zero attached hydrogens (tertiary/aromatic N) is 1. The molecule has 90 valence electrons.